The normalized spacial score (nSPS) is 22.1. The average molecular weight is 617 g/mol. The average Bonchev–Trinajstić information content (AvgIpc) is 3.09. The van der Waals surface area contributed by atoms with Gasteiger partial charge in [0.2, 0.25) is 0 Å². The topological polar surface area (TPSA) is 0 Å². The van der Waals surface area contributed by atoms with E-state index in [2.05, 4.69) is 55.5 Å². The van der Waals surface area contributed by atoms with Gasteiger partial charge in [0.05, 0.1) is 6.67 Å². The molecule has 1 heteroatoms. The van der Waals surface area contributed by atoms with Crippen molar-refractivity contribution in [2.24, 2.45) is 23.7 Å². The zero-order valence-corrected chi connectivity index (χ0v) is 29.4. The molecule has 0 aromatic heterocycles. The molecule has 2 aromatic carbocycles. The van der Waals surface area contributed by atoms with Gasteiger partial charge >= 0.3 is 0 Å². The van der Waals surface area contributed by atoms with Gasteiger partial charge in [-0.25, -0.2) is 0 Å². The maximum Gasteiger partial charge on any atom is 0.0894 e. The van der Waals surface area contributed by atoms with Crippen LogP contribution in [0, 0.1) is 23.7 Å². The number of unbranched alkanes of at least 4 members (excludes halogenated alkanes) is 12. The van der Waals surface area contributed by atoms with Crippen LogP contribution >= 0.6 is 0 Å². The summed E-state index contributed by atoms with van der Waals surface area (Å²) in [6.07, 6.45) is 35.8. The molecule has 0 unspecified atom stereocenters. The molecule has 4 rings (SSSR count). The van der Waals surface area contributed by atoms with Gasteiger partial charge in [-0.2, -0.15) is 0 Å². The Kier molecular flexibility index (Phi) is 17.7. The van der Waals surface area contributed by atoms with Gasteiger partial charge in [0.15, 0.2) is 0 Å². The summed E-state index contributed by atoms with van der Waals surface area (Å²) in [5, 5.41) is 0. The van der Waals surface area contributed by atoms with Crippen molar-refractivity contribution in [3.63, 3.8) is 0 Å². The van der Waals surface area contributed by atoms with Gasteiger partial charge in [-0.15, -0.1) is 0 Å². The number of aryl methyl sites for hydroxylation is 2. The van der Waals surface area contributed by atoms with E-state index in [9.17, 15) is 4.39 Å². The van der Waals surface area contributed by atoms with E-state index in [-0.39, 0.29) is 6.67 Å². The molecule has 2 fully saturated rings. The lowest BCUT2D eigenvalue weighted by molar-refractivity contribution is 0.140. The maximum atomic E-state index is 12.2. The van der Waals surface area contributed by atoms with E-state index in [1.165, 1.54) is 170 Å². The summed E-state index contributed by atoms with van der Waals surface area (Å²) in [7, 11) is 0. The van der Waals surface area contributed by atoms with Crippen molar-refractivity contribution in [1.82, 2.24) is 0 Å². The van der Waals surface area contributed by atoms with Crippen LogP contribution in [0.15, 0.2) is 48.5 Å². The fourth-order valence-corrected chi connectivity index (χ4v) is 8.69. The molecular formula is C44H69F. The Bertz CT molecular complexity index is 975. The van der Waals surface area contributed by atoms with Crippen LogP contribution in [0.25, 0.3) is 11.1 Å². The molecule has 45 heavy (non-hydrogen) atoms. The number of hydrogen-bond donors (Lipinski definition) is 0. The highest BCUT2D eigenvalue weighted by atomic mass is 19.1. The lowest BCUT2D eigenvalue weighted by atomic mass is 9.68. The summed E-state index contributed by atoms with van der Waals surface area (Å²) < 4.78 is 12.2. The first-order chi connectivity index (χ1) is 22.2. The summed E-state index contributed by atoms with van der Waals surface area (Å²) in [6, 6.07) is 18.7. The Morgan fingerprint density at radius 1 is 0.444 bits per heavy atom. The molecular weight excluding hydrogens is 547 g/mol. The second-order valence-electron chi connectivity index (χ2n) is 15.3. The highest BCUT2D eigenvalue weighted by Gasteiger charge is 2.30. The third-order valence-corrected chi connectivity index (χ3v) is 11.8. The molecule has 0 atom stereocenters. The quantitative estimate of drug-likeness (QED) is 0.115. The van der Waals surface area contributed by atoms with E-state index < -0.39 is 0 Å². The highest BCUT2D eigenvalue weighted by molar-refractivity contribution is 5.64. The summed E-state index contributed by atoms with van der Waals surface area (Å²) in [5.41, 5.74) is 5.62. The van der Waals surface area contributed by atoms with Crippen LogP contribution in [0.1, 0.15) is 172 Å². The van der Waals surface area contributed by atoms with E-state index in [4.69, 9.17) is 0 Å². The molecule has 252 valence electrons. The van der Waals surface area contributed by atoms with Crippen LogP contribution in [0.3, 0.4) is 0 Å². The van der Waals surface area contributed by atoms with E-state index in [1.54, 1.807) is 0 Å². The summed E-state index contributed by atoms with van der Waals surface area (Å²) in [4.78, 5) is 0. The van der Waals surface area contributed by atoms with Crippen molar-refractivity contribution in [1.29, 1.82) is 0 Å². The molecule has 0 bridgehead atoms. The number of hydrogen-bond acceptors (Lipinski definition) is 0. The Labute approximate surface area is 278 Å². The minimum atomic E-state index is -0.157. The van der Waals surface area contributed by atoms with Crippen LogP contribution in [-0.4, -0.2) is 6.67 Å². The van der Waals surface area contributed by atoms with Crippen molar-refractivity contribution in [3.8, 4) is 11.1 Å². The second kappa shape index (κ2) is 22.0. The van der Waals surface area contributed by atoms with Gasteiger partial charge in [-0.05, 0) is 104 Å². The monoisotopic (exact) mass is 617 g/mol. The molecule has 0 heterocycles. The van der Waals surface area contributed by atoms with Crippen molar-refractivity contribution in [2.75, 3.05) is 6.67 Å². The van der Waals surface area contributed by atoms with Gasteiger partial charge in [0.1, 0.15) is 0 Å². The first-order valence-electron chi connectivity index (χ1n) is 20.0. The zero-order chi connectivity index (χ0) is 31.4. The Balaban J connectivity index is 1.05. The van der Waals surface area contributed by atoms with Crippen molar-refractivity contribution in [3.05, 3.63) is 59.7 Å². The van der Waals surface area contributed by atoms with Crippen LogP contribution in [0.4, 0.5) is 4.39 Å². The van der Waals surface area contributed by atoms with Gasteiger partial charge in [-0.1, -0.05) is 165 Å². The van der Waals surface area contributed by atoms with E-state index in [0.717, 1.165) is 42.9 Å². The standard InChI is InChI=1S/C44H69F/c1-2-3-4-5-6-7-10-13-16-37-20-28-41(29-21-37)43-32-24-39(25-33-43)18-19-40-26-34-44(35-27-40)42-30-22-38(23-31-42)17-14-11-8-9-12-15-36-45/h22-23,26-27,30-31,34-35,37,39,41,43H,2-21,24-25,28-29,32-33,36H2,1H3/t37-,39?,41-,43?. The van der Waals surface area contributed by atoms with Crippen LogP contribution in [-0.2, 0) is 12.8 Å². The predicted molar refractivity (Wildman–Crippen MR) is 196 cm³/mol. The Morgan fingerprint density at radius 2 is 0.867 bits per heavy atom. The number of benzene rings is 2. The predicted octanol–water partition coefficient (Wildman–Crippen LogP) is 14.3. The van der Waals surface area contributed by atoms with Gasteiger partial charge < -0.3 is 0 Å². The summed E-state index contributed by atoms with van der Waals surface area (Å²) in [6.45, 7) is 2.16. The Morgan fingerprint density at radius 3 is 1.38 bits per heavy atom. The molecule has 0 spiro atoms. The SMILES string of the molecule is CCCCCCCCCC[C@H]1CC[C@H](C2CCC(CCc3ccc(-c4ccc(CCCCCCCCF)cc4)cc3)CC2)CC1. The fraction of sp³-hybridized carbons (Fsp3) is 0.727. The molecule has 0 saturated heterocycles. The second-order valence-corrected chi connectivity index (χ2v) is 15.3. The molecule has 2 aliphatic carbocycles. The summed E-state index contributed by atoms with van der Waals surface area (Å²) in [5.74, 6) is 4.08. The molecule has 0 nitrogen and oxygen atoms in total. The number of rotatable bonds is 22. The largest absolute Gasteiger partial charge is 0.251 e. The van der Waals surface area contributed by atoms with Crippen molar-refractivity contribution in [2.45, 2.75) is 174 Å². The maximum absolute atomic E-state index is 12.2. The first kappa shape index (κ1) is 36.2. The van der Waals surface area contributed by atoms with E-state index >= 15 is 0 Å². The van der Waals surface area contributed by atoms with Crippen LogP contribution < -0.4 is 0 Å². The minimum Gasteiger partial charge on any atom is -0.251 e. The highest BCUT2D eigenvalue weighted by Crippen LogP contribution is 2.43. The fourth-order valence-electron chi connectivity index (χ4n) is 8.69. The first-order valence-corrected chi connectivity index (χ1v) is 20.0. The van der Waals surface area contributed by atoms with Gasteiger partial charge in [0, 0.05) is 0 Å². The molecule has 0 N–H and O–H groups in total. The van der Waals surface area contributed by atoms with E-state index in [1.807, 2.05) is 0 Å². The van der Waals surface area contributed by atoms with Crippen molar-refractivity contribution >= 4 is 0 Å². The lowest BCUT2D eigenvalue weighted by Crippen LogP contribution is -2.26. The third kappa shape index (κ3) is 13.9. The lowest BCUT2D eigenvalue weighted by Gasteiger charge is -2.38. The molecule has 2 aromatic rings. The van der Waals surface area contributed by atoms with Gasteiger partial charge in [0.25, 0.3) is 0 Å². The van der Waals surface area contributed by atoms with Crippen molar-refractivity contribution < 1.29 is 4.39 Å². The third-order valence-electron chi connectivity index (χ3n) is 11.8. The molecule has 0 radical (unpaired) electrons. The molecule has 2 aliphatic rings. The molecule has 2 saturated carbocycles. The molecule has 0 amide bonds. The number of alkyl halides is 1. The number of halogens is 1. The smallest absolute Gasteiger partial charge is 0.0894 e. The zero-order valence-electron chi connectivity index (χ0n) is 29.4. The van der Waals surface area contributed by atoms with Gasteiger partial charge in [-0.3, -0.25) is 4.39 Å². The van der Waals surface area contributed by atoms with E-state index in [0.29, 0.717) is 0 Å². The summed E-state index contributed by atoms with van der Waals surface area (Å²) >= 11 is 0. The minimum absolute atomic E-state index is 0.157. The molecule has 0 aliphatic heterocycles. The Hall–Kier alpha value is -1.63. The van der Waals surface area contributed by atoms with Crippen LogP contribution in [0.2, 0.25) is 0 Å². The van der Waals surface area contributed by atoms with Crippen LogP contribution in [0.5, 0.6) is 0 Å².